The second-order valence-corrected chi connectivity index (χ2v) is 8.06. The van der Waals surface area contributed by atoms with Gasteiger partial charge < -0.3 is 9.39 Å². The van der Waals surface area contributed by atoms with Crippen LogP contribution in [0.5, 0.6) is 0 Å². The van der Waals surface area contributed by atoms with E-state index >= 15 is 0 Å². The quantitative estimate of drug-likeness (QED) is 0.248. The summed E-state index contributed by atoms with van der Waals surface area (Å²) in [6.07, 6.45) is 2.68. The number of carbonyl (C=O) groups is 5. The Morgan fingerprint density at radius 1 is 1.04 bits per heavy atom. The van der Waals surface area contributed by atoms with Gasteiger partial charge in [-0.25, -0.2) is 13.2 Å². The Hall–Kier alpha value is -1.60. The molecule has 3 rings (SSSR count). The van der Waals surface area contributed by atoms with Crippen LogP contribution < -0.4 is 29.6 Å². The molecule has 2 fully saturated rings. The van der Waals surface area contributed by atoms with E-state index in [2.05, 4.69) is 0 Å². The predicted octanol–water partition coefficient (Wildman–Crippen LogP) is -4.39. The number of carbonyl (C=O) groups excluding carboxylic acids is 5. The summed E-state index contributed by atoms with van der Waals surface area (Å²) in [6.45, 7) is 0. The summed E-state index contributed by atoms with van der Waals surface area (Å²) in [4.78, 5) is 65.0. The van der Waals surface area contributed by atoms with Crippen LogP contribution in [0.3, 0.4) is 0 Å². The van der Waals surface area contributed by atoms with Gasteiger partial charge in [0.25, 0.3) is 23.6 Å². The minimum Gasteiger partial charge on any atom is -0.747 e. The zero-order valence-corrected chi connectivity index (χ0v) is 17.7. The Kier molecular flexibility index (Phi) is 6.82. The number of hydrogen-bond acceptors (Lipinski definition) is 9. The molecule has 1 aliphatic carbocycles. The SMILES string of the molecule is O=C(ON1C(=O)CC(S(=O)(=O)[O-])C1=O)C1CCC(N2C(=O)C=CC2=O)CC1.[Na+]. The molecule has 1 saturated heterocycles. The third-order valence-electron chi connectivity index (χ3n) is 4.83. The summed E-state index contributed by atoms with van der Waals surface area (Å²) < 4.78 is 32.9. The number of rotatable bonds is 4. The van der Waals surface area contributed by atoms with Gasteiger partial charge in [0.05, 0.1) is 12.3 Å². The van der Waals surface area contributed by atoms with Gasteiger partial charge in [-0.05, 0) is 25.7 Å². The van der Waals surface area contributed by atoms with Gasteiger partial charge in [0.1, 0.15) is 15.4 Å². The molecule has 4 amide bonds. The third-order valence-corrected chi connectivity index (χ3v) is 5.90. The van der Waals surface area contributed by atoms with Crippen molar-refractivity contribution in [3.8, 4) is 0 Å². The number of amides is 4. The smallest absolute Gasteiger partial charge is 0.747 e. The van der Waals surface area contributed by atoms with Crippen molar-refractivity contribution in [1.82, 2.24) is 9.96 Å². The molecule has 0 aromatic heterocycles. The van der Waals surface area contributed by atoms with Crippen LogP contribution in [0, 0.1) is 5.92 Å². The summed E-state index contributed by atoms with van der Waals surface area (Å²) in [5.41, 5.74) is 0. The first-order chi connectivity index (χ1) is 12.6. The topological polar surface area (TPSA) is 158 Å². The minimum absolute atomic E-state index is 0. The summed E-state index contributed by atoms with van der Waals surface area (Å²) in [6, 6.07) is -0.353. The maximum atomic E-state index is 12.2. The van der Waals surface area contributed by atoms with Gasteiger partial charge >= 0.3 is 35.5 Å². The van der Waals surface area contributed by atoms with Gasteiger partial charge in [0.15, 0.2) is 0 Å². The molecule has 0 aromatic carbocycles. The van der Waals surface area contributed by atoms with E-state index in [0.29, 0.717) is 12.8 Å². The average Bonchev–Trinajstić information content (AvgIpc) is 3.08. The minimum atomic E-state index is -5.03. The monoisotopic (exact) mass is 422 g/mol. The van der Waals surface area contributed by atoms with E-state index in [0.717, 1.165) is 4.90 Å². The van der Waals surface area contributed by atoms with E-state index in [-0.39, 0.29) is 53.5 Å². The maximum absolute atomic E-state index is 12.2. The maximum Gasteiger partial charge on any atom is 1.00 e. The van der Waals surface area contributed by atoms with E-state index in [1.54, 1.807) is 0 Å². The number of imide groups is 2. The standard InChI is InChI=1S/C15H16N2O9S.Na/c18-11-5-6-12(19)16(11)9-3-1-8(2-4-9)15(22)26-17-13(20)7-10(14(17)21)27(23,24)25;/h5-6,8-10H,1-4,7H2,(H,23,24,25);/q;+1/p-1. The molecular weight excluding hydrogens is 407 g/mol. The summed E-state index contributed by atoms with van der Waals surface area (Å²) >= 11 is 0. The van der Waals surface area contributed by atoms with Crippen molar-refractivity contribution in [2.45, 2.75) is 43.4 Å². The van der Waals surface area contributed by atoms with Crippen LogP contribution in [0.1, 0.15) is 32.1 Å². The van der Waals surface area contributed by atoms with E-state index < -0.39 is 57.3 Å². The van der Waals surface area contributed by atoms with Crippen molar-refractivity contribution in [1.29, 1.82) is 0 Å². The Morgan fingerprint density at radius 3 is 2.04 bits per heavy atom. The van der Waals surface area contributed by atoms with Crippen LogP contribution in [-0.2, 0) is 38.9 Å². The van der Waals surface area contributed by atoms with Gasteiger partial charge in [0.2, 0.25) is 0 Å². The molecule has 13 heteroatoms. The zero-order valence-electron chi connectivity index (χ0n) is 14.9. The van der Waals surface area contributed by atoms with Crippen molar-refractivity contribution in [2.75, 3.05) is 0 Å². The predicted molar refractivity (Wildman–Crippen MR) is 82.8 cm³/mol. The number of nitrogens with zero attached hydrogens (tertiary/aromatic N) is 2. The summed E-state index contributed by atoms with van der Waals surface area (Å²) in [7, 11) is -5.03. The first-order valence-electron chi connectivity index (χ1n) is 8.18. The molecule has 3 aliphatic rings. The van der Waals surface area contributed by atoms with E-state index in [1.165, 1.54) is 12.2 Å². The third kappa shape index (κ3) is 4.35. The largest absolute Gasteiger partial charge is 1.00 e. The van der Waals surface area contributed by atoms with Gasteiger partial charge in [-0.3, -0.25) is 24.1 Å². The fourth-order valence-electron chi connectivity index (χ4n) is 3.41. The zero-order chi connectivity index (χ0) is 19.9. The van der Waals surface area contributed by atoms with Crippen LogP contribution in [0.15, 0.2) is 12.2 Å². The molecule has 2 heterocycles. The number of hydroxylamine groups is 2. The van der Waals surface area contributed by atoms with Gasteiger partial charge in [-0.1, -0.05) is 0 Å². The molecule has 0 aromatic rings. The van der Waals surface area contributed by atoms with Crippen LogP contribution in [0.2, 0.25) is 0 Å². The Labute approximate surface area is 182 Å². The van der Waals surface area contributed by atoms with Crippen molar-refractivity contribution in [3.63, 3.8) is 0 Å². The fraction of sp³-hybridized carbons (Fsp3) is 0.533. The van der Waals surface area contributed by atoms with Crippen LogP contribution in [0.4, 0.5) is 0 Å². The molecule has 146 valence electrons. The van der Waals surface area contributed by atoms with E-state index in [4.69, 9.17) is 4.84 Å². The molecule has 0 bridgehead atoms. The normalized spacial score (nSPS) is 28.0. The van der Waals surface area contributed by atoms with Crippen LogP contribution in [0.25, 0.3) is 0 Å². The Morgan fingerprint density at radius 2 is 1.57 bits per heavy atom. The van der Waals surface area contributed by atoms with E-state index in [1.807, 2.05) is 0 Å². The fourth-order valence-corrected chi connectivity index (χ4v) is 4.10. The first-order valence-corrected chi connectivity index (χ1v) is 9.65. The van der Waals surface area contributed by atoms with Gasteiger partial charge in [-0.15, -0.1) is 5.06 Å². The molecule has 0 spiro atoms. The summed E-state index contributed by atoms with van der Waals surface area (Å²) in [5.74, 6) is -4.88. The molecule has 1 unspecified atom stereocenters. The molecule has 0 radical (unpaired) electrons. The molecule has 0 N–H and O–H groups in total. The summed E-state index contributed by atoms with van der Waals surface area (Å²) in [5, 5.41) is -2.06. The molecule has 2 aliphatic heterocycles. The van der Waals surface area contributed by atoms with Crippen molar-refractivity contribution >= 4 is 39.7 Å². The average molecular weight is 422 g/mol. The Bertz CT molecular complexity index is 843. The second-order valence-electron chi connectivity index (χ2n) is 6.51. The van der Waals surface area contributed by atoms with Crippen molar-refractivity contribution in [2.24, 2.45) is 5.92 Å². The second kappa shape index (κ2) is 8.41. The molecule has 1 atom stereocenters. The molecule has 11 nitrogen and oxygen atoms in total. The van der Waals surface area contributed by atoms with Crippen molar-refractivity contribution in [3.05, 3.63) is 12.2 Å². The molecule has 28 heavy (non-hydrogen) atoms. The Balaban J connectivity index is 0.00000280. The number of hydrogen-bond donors (Lipinski definition) is 0. The van der Waals surface area contributed by atoms with Gasteiger partial charge in [0, 0.05) is 18.2 Å². The molecule has 1 saturated carbocycles. The van der Waals surface area contributed by atoms with Crippen LogP contribution >= 0.6 is 0 Å². The van der Waals surface area contributed by atoms with Crippen LogP contribution in [-0.4, -0.2) is 63.8 Å². The van der Waals surface area contributed by atoms with Crippen molar-refractivity contribution < 1.29 is 71.3 Å². The molecular formula is C15H15N2NaO9S. The van der Waals surface area contributed by atoms with Gasteiger partial charge in [-0.2, -0.15) is 0 Å². The first kappa shape index (κ1) is 22.7. The van der Waals surface area contributed by atoms with E-state index in [9.17, 15) is 36.9 Å².